The zero-order chi connectivity index (χ0) is 11.1. The van der Waals surface area contributed by atoms with E-state index in [1.54, 1.807) is 0 Å². The molecule has 88 valence electrons. The van der Waals surface area contributed by atoms with Crippen LogP contribution < -0.4 is 5.73 Å². The van der Waals surface area contributed by atoms with Crippen molar-refractivity contribution in [2.75, 3.05) is 6.61 Å². The minimum atomic E-state index is 0.293. The Kier molecular flexibility index (Phi) is 5.69. The Bertz CT molecular complexity index is 194. The summed E-state index contributed by atoms with van der Waals surface area (Å²) in [5.74, 6) is 1.02. The van der Waals surface area contributed by atoms with E-state index in [1.165, 1.54) is 25.7 Å². The Morgan fingerprint density at radius 3 is 2.73 bits per heavy atom. The molecule has 0 spiro atoms. The van der Waals surface area contributed by atoms with Gasteiger partial charge in [0.25, 0.3) is 0 Å². The quantitative estimate of drug-likeness (QED) is 0.404. The van der Waals surface area contributed by atoms with E-state index in [4.69, 9.17) is 15.9 Å². The number of amidine groups is 1. The molecule has 3 nitrogen and oxygen atoms in total. The second-order valence-electron chi connectivity index (χ2n) is 4.65. The van der Waals surface area contributed by atoms with Gasteiger partial charge in [0.1, 0.15) is 0 Å². The molecule has 1 aliphatic carbocycles. The maximum absolute atomic E-state index is 7.09. The third kappa shape index (κ3) is 5.17. The van der Waals surface area contributed by atoms with Gasteiger partial charge in [-0.1, -0.05) is 19.8 Å². The van der Waals surface area contributed by atoms with Gasteiger partial charge in [-0.05, 0) is 31.6 Å². The molecular formula is C12H24N2O. The first-order chi connectivity index (χ1) is 7.20. The van der Waals surface area contributed by atoms with Crippen LogP contribution in [0.15, 0.2) is 0 Å². The lowest BCUT2D eigenvalue weighted by molar-refractivity contribution is -0.00626. The summed E-state index contributed by atoms with van der Waals surface area (Å²) in [6, 6.07) is 0. The summed E-state index contributed by atoms with van der Waals surface area (Å²) in [6.45, 7) is 3.13. The summed E-state index contributed by atoms with van der Waals surface area (Å²) in [5, 5.41) is 7.09. The van der Waals surface area contributed by atoms with E-state index in [1.807, 2.05) is 0 Å². The van der Waals surface area contributed by atoms with Gasteiger partial charge in [0.2, 0.25) is 0 Å². The SMILES string of the molecule is CC1CCCCC1OCCCCC(=N)N. The summed E-state index contributed by atoms with van der Waals surface area (Å²) in [7, 11) is 0. The smallest absolute Gasteiger partial charge is 0.0905 e. The largest absolute Gasteiger partial charge is 0.388 e. The van der Waals surface area contributed by atoms with Gasteiger partial charge in [-0.3, -0.25) is 5.41 Å². The number of hydrogen-bond acceptors (Lipinski definition) is 2. The highest BCUT2D eigenvalue weighted by Gasteiger charge is 2.21. The highest BCUT2D eigenvalue weighted by molar-refractivity contribution is 5.76. The van der Waals surface area contributed by atoms with Crippen molar-refractivity contribution >= 4 is 5.84 Å². The Morgan fingerprint density at radius 2 is 2.07 bits per heavy atom. The van der Waals surface area contributed by atoms with Crippen LogP contribution in [0.5, 0.6) is 0 Å². The number of nitrogens with one attached hydrogen (secondary N) is 1. The molecule has 2 unspecified atom stereocenters. The van der Waals surface area contributed by atoms with Gasteiger partial charge in [0.05, 0.1) is 11.9 Å². The average Bonchev–Trinajstić information content (AvgIpc) is 2.20. The normalized spacial score (nSPS) is 26.5. The fourth-order valence-corrected chi connectivity index (χ4v) is 2.18. The Balaban J connectivity index is 2.01. The molecule has 0 bridgehead atoms. The molecule has 0 aromatic carbocycles. The van der Waals surface area contributed by atoms with Crippen LogP contribution in [0.1, 0.15) is 51.9 Å². The number of hydrogen-bond donors (Lipinski definition) is 2. The molecule has 3 heteroatoms. The summed E-state index contributed by atoms with van der Waals surface area (Å²) < 4.78 is 5.87. The molecule has 0 aromatic heterocycles. The Hall–Kier alpha value is -0.570. The molecular weight excluding hydrogens is 188 g/mol. The van der Waals surface area contributed by atoms with E-state index < -0.39 is 0 Å². The van der Waals surface area contributed by atoms with Crippen molar-refractivity contribution in [1.29, 1.82) is 5.41 Å². The van der Waals surface area contributed by atoms with Crippen LogP contribution in [0.3, 0.4) is 0 Å². The maximum atomic E-state index is 7.09. The summed E-state index contributed by atoms with van der Waals surface area (Å²) in [6.07, 6.45) is 8.44. The Labute approximate surface area is 92.9 Å². The van der Waals surface area contributed by atoms with Gasteiger partial charge >= 0.3 is 0 Å². The summed E-state index contributed by atoms with van der Waals surface area (Å²) >= 11 is 0. The number of unbranched alkanes of at least 4 members (excludes halogenated alkanes) is 1. The van der Waals surface area contributed by atoms with E-state index in [9.17, 15) is 0 Å². The highest BCUT2D eigenvalue weighted by atomic mass is 16.5. The van der Waals surface area contributed by atoms with Crippen LogP contribution in [-0.4, -0.2) is 18.5 Å². The van der Waals surface area contributed by atoms with E-state index in [2.05, 4.69) is 6.92 Å². The monoisotopic (exact) mass is 212 g/mol. The molecule has 1 saturated carbocycles. The lowest BCUT2D eigenvalue weighted by Crippen LogP contribution is -2.25. The molecule has 15 heavy (non-hydrogen) atoms. The molecule has 1 aliphatic rings. The Morgan fingerprint density at radius 1 is 1.33 bits per heavy atom. The zero-order valence-electron chi connectivity index (χ0n) is 9.80. The van der Waals surface area contributed by atoms with E-state index in [-0.39, 0.29) is 0 Å². The predicted octanol–water partition coefficient (Wildman–Crippen LogP) is 2.69. The van der Waals surface area contributed by atoms with Gasteiger partial charge < -0.3 is 10.5 Å². The number of nitrogens with two attached hydrogens (primary N) is 1. The second-order valence-corrected chi connectivity index (χ2v) is 4.65. The third-order valence-corrected chi connectivity index (χ3v) is 3.21. The minimum Gasteiger partial charge on any atom is -0.388 e. The number of rotatable bonds is 6. The molecule has 2 atom stereocenters. The van der Waals surface area contributed by atoms with Crippen molar-refractivity contribution in [1.82, 2.24) is 0 Å². The van der Waals surface area contributed by atoms with E-state index in [0.29, 0.717) is 18.4 Å². The molecule has 0 aromatic rings. The molecule has 0 aliphatic heterocycles. The van der Waals surface area contributed by atoms with Crippen molar-refractivity contribution in [3.05, 3.63) is 0 Å². The van der Waals surface area contributed by atoms with Gasteiger partial charge in [-0.2, -0.15) is 0 Å². The summed E-state index contributed by atoms with van der Waals surface area (Å²) in [5.41, 5.74) is 5.28. The van der Waals surface area contributed by atoms with Crippen LogP contribution in [0.4, 0.5) is 0 Å². The molecule has 3 N–H and O–H groups in total. The third-order valence-electron chi connectivity index (χ3n) is 3.21. The van der Waals surface area contributed by atoms with Crippen molar-refractivity contribution in [2.45, 2.75) is 58.0 Å². The predicted molar refractivity (Wildman–Crippen MR) is 63.1 cm³/mol. The van der Waals surface area contributed by atoms with Gasteiger partial charge in [0, 0.05) is 13.0 Å². The molecule has 0 radical (unpaired) electrons. The van der Waals surface area contributed by atoms with Gasteiger partial charge in [-0.15, -0.1) is 0 Å². The lowest BCUT2D eigenvalue weighted by Gasteiger charge is -2.28. The van der Waals surface area contributed by atoms with Gasteiger partial charge in [-0.25, -0.2) is 0 Å². The van der Waals surface area contributed by atoms with E-state index in [0.717, 1.165) is 25.4 Å². The molecule has 1 rings (SSSR count). The van der Waals surface area contributed by atoms with Crippen LogP contribution in [0.25, 0.3) is 0 Å². The second kappa shape index (κ2) is 6.83. The van der Waals surface area contributed by atoms with Crippen molar-refractivity contribution in [3.8, 4) is 0 Å². The molecule has 0 heterocycles. The topological polar surface area (TPSA) is 59.1 Å². The summed E-state index contributed by atoms with van der Waals surface area (Å²) in [4.78, 5) is 0. The fourth-order valence-electron chi connectivity index (χ4n) is 2.18. The van der Waals surface area contributed by atoms with Crippen LogP contribution >= 0.6 is 0 Å². The fraction of sp³-hybridized carbons (Fsp3) is 0.917. The zero-order valence-corrected chi connectivity index (χ0v) is 9.80. The van der Waals surface area contributed by atoms with E-state index >= 15 is 0 Å². The van der Waals surface area contributed by atoms with Crippen LogP contribution in [0, 0.1) is 11.3 Å². The molecule has 0 amide bonds. The standard InChI is InChI=1S/C12H24N2O/c1-10-6-2-3-7-11(10)15-9-5-4-8-12(13)14/h10-11H,2-9H2,1H3,(H3,13,14). The highest BCUT2D eigenvalue weighted by Crippen LogP contribution is 2.26. The van der Waals surface area contributed by atoms with Crippen molar-refractivity contribution < 1.29 is 4.74 Å². The number of ether oxygens (including phenoxy) is 1. The molecule has 1 fully saturated rings. The first-order valence-corrected chi connectivity index (χ1v) is 6.14. The minimum absolute atomic E-state index is 0.293. The first-order valence-electron chi connectivity index (χ1n) is 6.14. The average molecular weight is 212 g/mol. The van der Waals surface area contributed by atoms with Crippen molar-refractivity contribution in [2.24, 2.45) is 11.7 Å². The van der Waals surface area contributed by atoms with Gasteiger partial charge in [0.15, 0.2) is 0 Å². The van der Waals surface area contributed by atoms with Crippen LogP contribution in [0.2, 0.25) is 0 Å². The molecule has 0 saturated heterocycles. The maximum Gasteiger partial charge on any atom is 0.0905 e. The first kappa shape index (κ1) is 12.5. The van der Waals surface area contributed by atoms with Crippen molar-refractivity contribution in [3.63, 3.8) is 0 Å². The van der Waals surface area contributed by atoms with Crippen LogP contribution in [-0.2, 0) is 4.74 Å². The lowest BCUT2D eigenvalue weighted by atomic mass is 9.88.